The van der Waals surface area contributed by atoms with Gasteiger partial charge in [0.1, 0.15) is 11.4 Å². The maximum atomic E-state index is 12.2. The molecule has 1 amide bonds. The SMILES string of the molecule is CCCN(CC(=O)O)C(=O)CCNS(=O)(=O)c1c(Cl)cccc1Cl. The maximum Gasteiger partial charge on any atom is 0.323 e. The van der Waals surface area contributed by atoms with Crippen LogP contribution < -0.4 is 4.72 Å². The summed E-state index contributed by atoms with van der Waals surface area (Å²) in [6, 6.07) is 4.30. The van der Waals surface area contributed by atoms with Crippen LogP contribution in [-0.4, -0.2) is 49.9 Å². The number of amides is 1. The lowest BCUT2D eigenvalue weighted by Crippen LogP contribution is -2.38. The number of sulfonamides is 1. The highest BCUT2D eigenvalue weighted by molar-refractivity contribution is 7.89. The third kappa shape index (κ3) is 5.94. The van der Waals surface area contributed by atoms with Gasteiger partial charge in [0.2, 0.25) is 15.9 Å². The van der Waals surface area contributed by atoms with E-state index < -0.39 is 28.4 Å². The lowest BCUT2D eigenvalue weighted by atomic mass is 10.3. The number of nitrogens with one attached hydrogen (secondary N) is 1. The summed E-state index contributed by atoms with van der Waals surface area (Å²) in [7, 11) is -3.98. The number of carboxylic acid groups (broad SMARTS) is 1. The minimum atomic E-state index is -3.98. The Balaban J connectivity index is 2.71. The summed E-state index contributed by atoms with van der Waals surface area (Å²) in [4.78, 5) is 23.7. The van der Waals surface area contributed by atoms with Gasteiger partial charge in [0.05, 0.1) is 10.0 Å². The van der Waals surface area contributed by atoms with E-state index >= 15 is 0 Å². The zero-order valence-corrected chi connectivity index (χ0v) is 15.3. The summed E-state index contributed by atoms with van der Waals surface area (Å²) in [5.74, 6) is -1.58. The topological polar surface area (TPSA) is 104 Å². The molecule has 10 heteroatoms. The molecule has 0 radical (unpaired) electrons. The monoisotopic (exact) mass is 396 g/mol. The number of carbonyl (C=O) groups is 2. The van der Waals surface area contributed by atoms with E-state index in [-0.39, 0.29) is 34.5 Å². The van der Waals surface area contributed by atoms with Gasteiger partial charge in [0.15, 0.2) is 0 Å². The summed E-state index contributed by atoms with van der Waals surface area (Å²) < 4.78 is 26.7. The van der Waals surface area contributed by atoms with Crippen molar-refractivity contribution in [2.75, 3.05) is 19.6 Å². The number of carbonyl (C=O) groups excluding carboxylic acids is 1. The van der Waals surface area contributed by atoms with E-state index in [9.17, 15) is 18.0 Å². The first-order chi connectivity index (χ1) is 11.2. The summed E-state index contributed by atoms with van der Waals surface area (Å²) in [6.45, 7) is 1.48. The van der Waals surface area contributed by atoms with Gasteiger partial charge in [-0.05, 0) is 18.6 Å². The molecular weight excluding hydrogens is 379 g/mol. The van der Waals surface area contributed by atoms with Gasteiger partial charge < -0.3 is 10.0 Å². The lowest BCUT2D eigenvalue weighted by Gasteiger charge is -2.20. The van der Waals surface area contributed by atoms with Crippen molar-refractivity contribution in [3.05, 3.63) is 28.2 Å². The largest absolute Gasteiger partial charge is 0.480 e. The van der Waals surface area contributed by atoms with Crippen LogP contribution in [0.2, 0.25) is 10.0 Å². The molecule has 0 fully saturated rings. The number of aliphatic carboxylic acids is 1. The first-order valence-electron chi connectivity index (χ1n) is 7.12. The molecule has 0 unspecified atom stereocenters. The summed E-state index contributed by atoms with van der Waals surface area (Å²) in [5.41, 5.74) is 0. The Hall–Kier alpha value is -1.35. The van der Waals surface area contributed by atoms with E-state index in [1.165, 1.54) is 23.1 Å². The van der Waals surface area contributed by atoms with Crippen LogP contribution in [0.1, 0.15) is 19.8 Å². The van der Waals surface area contributed by atoms with Gasteiger partial charge in [-0.3, -0.25) is 9.59 Å². The molecule has 0 heterocycles. The van der Waals surface area contributed by atoms with E-state index in [1.807, 2.05) is 6.92 Å². The normalized spacial score (nSPS) is 11.3. The Morgan fingerprint density at radius 1 is 1.25 bits per heavy atom. The molecule has 24 heavy (non-hydrogen) atoms. The molecule has 0 spiro atoms. The Morgan fingerprint density at radius 2 is 1.83 bits per heavy atom. The minimum Gasteiger partial charge on any atom is -0.480 e. The van der Waals surface area contributed by atoms with Crippen molar-refractivity contribution in [2.24, 2.45) is 0 Å². The fourth-order valence-electron chi connectivity index (χ4n) is 1.99. The first kappa shape index (κ1) is 20.7. The van der Waals surface area contributed by atoms with Gasteiger partial charge in [-0.1, -0.05) is 36.2 Å². The summed E-state index contributed by atoms with van der Waals surface area (Å²) in [5, 5.41) is 8.73. The molecule has 0 aliphatic heterocycles. The number of nitrogens with zero attached hydrogens (tertiary/aromatic N) is 1. The third-order valence-electron chi connectivity index (χ3n) is 2.99. The number of halogens is 2. The standard InChI is InChI=1S/C14H18Cl2N2O5S/c1-2-8-18(9-13(20)21)12(19)6-7-17-24(22,23)14-10(15)4-3-5-11(14)16/h3-5,17H,2,6-9H2,1H3,(H,20,21). The Labute approximate surface area is 150 Å². The lowest BCUT2D eigenvalue weighted by molar-refractivity contribution is -0.144. The van der Waals surface area contributed by atoms with Crippen LogP contribution in [0.3, 0.4) is 0 Å². The molecule has 7 nitrogen and oxygen atoms in total. The van der Waals surface area contributed by atoms with Crippen LogP contribution in [0.4, 0.5) is 0 Å². The molecule has 1 aromatic carbocycles. The van der Waals surface area contributed by atoms with Crippen LogP contribution in [0.15, 0.2) is 23.1 Å². The molecule has 0 aliphatic carbocycles. The third-order valence-corrected chi connectivity index (χ3v) is 5.41. The number of hydrogen-bond acceptors (Lipinski definition) is 4. The van der Waals surface area contributed by atoms with Crippen molar-refractivity contribution in [3.63, 3.8) is 0 Å². The van der Waals surface area contributed by atoms with Crippen molar-refractivity contribution in [1.29, 1.82) is 0 Å². The van der Waals surface area contributed by atoms with E-state index in [0.29, 0.717) is 6.42 Å². The van der Waals surface area contributed by atoms with Gasteiger partial charge in [-0.25, -0.2) is 13.1 Å². The molecule has 0 saturated heterocycles. The predicted molar refractivity (Wildman–Crippen MR) is 90.8 cm³/mol. The van der Waals surface area contributed by atoms with Crippen molar-refractivity contribution < 1.29 is 23.1 Å². The van der Waals surface area contributed by atoms with Crippen LogP contribution >= 0.6 is 23.2 Å². The first-order valence-corrected chi connectivity index (χ1v) is 9.36. The second-order valence-electron chi connectivity index (χ2n) is 4.91. The van der Waals surface area contributed by atoms with Crippen molar-refractivity contribution in [1.82, 2.24) is 9.62 Å². The number of rotatable bonds is 9. The number of carboxylic acids is 1. The zero-order chi connectivity index (χ0) is 18.3. The Kier molecular flexibility index (Phi) is 7.95. The zero-order valence-electron chi connectivity index (χ0n) is 13.0. The highest BCUT2D eigenvalue weighted by atomic mass is 35.5. The molecule has 2 N–H and O–H groups in total. The van der Waals surface area contributed by atoms with Crippen molar-refractivity contribution >= 4 is 45.1 Å². The van der Waals surface area contributed by atoms with Gasteiger partial charge in [0, 0.05) is 19.5 Å². The fraction of sp³-hybridized carbons (Fsp3) is 0.429. The van der Waals surface area contributed by atoms with Crippen LogP contribution in [0.25, 0.3) is 0 Å². The van der Waals surface area contributed by atoms with E-state index in [2.05, 4.69) is 4.72 Å². The second-order valence-corrected chi connectivity index (χ2v) is 7.43. The molecule has 134 valence electrons. The van der Waals surface area contributed by atoms with E-state index in [1.54, 1.807) is 0 Å². The summed E-state index contributed by atoms with van der Waals surface area (Å²) >= 11 is 11.7. The maximum absolute atomic E-state index is 12.2. The molecule has 0 bridgehead atoms. The Morgan fingerprint density at radius 3 is 2.33 bits per heavy atom. The molecular formula is C14H18Cl2N2O5S. The predicted octanol–water partition coefficient (Wildman–Crippen LogP) is 1.98. The second kappa shape index (κ2) is 9.22. The molecule has 0 aliphatic rings. The fourth-order valence-corrected chi connectivity index (χ4v) is 4.16. The van der Waals surface area contributed by atoms with E-state index in [0.717, 1.165) is 0 Å². The highest BCUT2D eigenvalue weighted by Crippen LogP contribution is 2.28. The van der Waals surface area contributed by atoms with Crippen LogP contribution in [-0.2, 0) is 19.6 Å². The number of benzene rings is 1. The molecule has 0 saturated carbocycles. The minimum absolute atomic E-state index is 0.0280. The van der Waals surface area contributed by atoms with Crippen LogP contribution in [0, 0.1) is 0 Å². The van der Waals surface area contributed by atoms with Crippen molar-refractivity contribution in [2.45, 2.75) is 24.7 Å². The van der Waals surface area contributed by atoms with E-state index in [4.69, 9.17) is 28.3 Å². The van der Waals surface area contributed by atoms with Gasteiger partial charge in [0.25, 0.3) is 0 Å². The van der Waals surface area contributed by atoms with Gasteiger partial charge >= 0.3 is 5.97 Å². The molecule has 0 aromatic heterocycles. The van der Waals surface area contributed by atoms with Crippen LogP contribution in [0.5, 0.6) is 0 Å². The summed E-state index contributed by atoms with van der Waals surface area (Å²) in [6.07, 6.45) is 0.425. The quantitative estimate of drug-likeness (QED) is 0.663. The highest BCUT2D eigenvalue weighted by Gasteiger charge is 2.22. The van der Waals surface area contributed by atoms with Crippen molar-refractivity contribution in [3.8, 4) is 0 Å². The average molecular weight is 397 g/mol. The van der Waals surface area contributed by atoms with Gasteiger partial charge in [-0.2, -0.15) is 0 Å². The average Bonchev–Trinajstić information content (AvgIpc) is 2.45. The smallest absolute Gasteiger partial charge is 0.323 e. The number of hydrogen-bond donors (Lipinski definition) is 2. The Bertz CT molecular complexity index is 689. The molecule has 0 atom stereocenters. The molecule has 1 rings (SSSR count). The van der Waals surface area contributed by atoms with Gasteiger partial charge in [-0.15, -0.1) is 0 Å². The molecule has 1 aromatic rings.